The highest BCUT2D eigenvalue weighted by Gasteiger charge is 2.25. The molecular weight excluding hydrogens is 234 g/mol. The molecule has 2 unspecified atom stereocenters. The van der Waals surface area contributed by atoms with Gasteiger partial charge in [0.2, 0.25) is 0 Å². The van der Waals surface area contributed by atoms with Crippen LogP contribution in [0.4, 0.5) is 5.69 Å². The zero-order valence-corrected chi connectivity index (χ0v) is 9.54. The van der Waals surface area contributed by atoms with Crippen molar-refractivity contribution in [2.24, 2.45) is 5.92 Å². The number of hydrogen-bond acceptors (Lipinski definition) is 4. The number of carbonyl (C=O) groups is 2. The van der Waals surface area contributed by atoms with Crippen LogP contribution in [0.1, 0.15) is 16.9 Å². The Labute approximate surface area is 104 Å². The Morgan fingerprint density at radius 2 is 2.17 bits per heavy atom. The number of hydrogen-bond donors (Lipinski definition) is 3. The molecule has 1 aromatic rings. The number of anilines is 1. The summed E-state index contributed by atoms with van der Waals surface area (Å²) in [6, 6.07) is 2.85. The fourth-order valence-electron chi connectivity index (χ4n) is 1.77. The number of nitrogens with zero attached hydrogens (tertiary/aromatic N) is 1. The minimum atomic E-state index is -0.881. The number of pyridine rings is 1. The molecule has 4 N–H and O–H groups in total. The fraction of sp³-hybridized carbons (Fsp3) is 0.250. The zero-order valence-electron chi connectivity index (χ0n) is 9.54. The standard InChI is InChI=1S/C12H13N3O3/c13-8-2-4-10(14-6-8)11(16)15-9-3-1-7(5-9)12(17)18/h1-4,6-7,9H,5,13H2,(H,15,16)(H,17,18). The molecular formula is C12H13N3O3. The maximum atomic E-state index is 11.8. The van der Waals surface area contributed by atoms with E-state index in [1.54, 1.807) is 18.2 Å². The molecule has 0 aliphatic heterocycles. The number of rotatable bonds is 3. The average molecular weight is 247 g/mol. The van der Waals surface area contributed by atoms with Crippen LogP contribution in [0.2, 0.25) is 0 Å². The van der Waals surface area contributed by atoms with Gasteiger partial charge in [0, 0.05) is 6.04 Å². The van der Waals surface area contributed by atoms with Crippen LogP contribution in [-0.2, 0) is 4.79 Å². The highest BCUT2D eigenvalue weighted by Crippen LogP contribution is 2.18. The third-order valence-electron chi connectivity index (χ3n) is 2.74. The summed E-state index contributed by atoms with van der Waals surface area (Å²) in [6.07, 6.45) is 5.05. The number of nitrogens with one attached hydrogen (secondary N) is 1. The summed E-state index contributed by atoms with van der Waals surface area (Å²) in [6.45, 7) is 0. The van der Waals surface area contributed by atoms with Gasteiger partial charge in [0.15, 0.2) is 0 Å². The molecule has 1 amide bonds. The number of amides is 1. The molecule has 1 aliphatic rings. The second kappa shape index (κ2) is 4.87. The van der Waals surface area contributed by atoms with Gasteiger partial charge in [-0.3, -0.25) is 9.59 Å². The quantitative estimate of drug-likeness (QED) is 0.671. The number of nitrogen functional groups attached to an aromatic ring is 1. The zero-order chi connectivity index (χ0) is 13.1. The molecule has 0 saturated heterocycles. The third-order valence-corrected chi connectivity index (χ3v) is 2.74. The first-order valence-corrected chi connectivity index (χ1v) is 5.50. The highest BCUT2D eigenvalue weighted by molar-refractivity contribution is 5.92. The van der Waals surface area contributed by atoms with Gasteiger partial charge in [0.1, 0.15) is 5.69 Å². The Morgan fingerprint density at radius 1 is 1.39 bits per heavy atom. The molecule has 0 saturated carbocycles. The lowest BCUT2D eigenvalue weighted by Gasteiger charge is -2.11. The van der Waals surface area contributed by atoms with Crippen molar-refractivity contribution in [2.45, 2.75) is 12.5 Å². The van der Waals surface area contributed by atoms with E-state index >= 15 is 0 Å². The van der Waals surface area contributed by atoms with E-state index in [0.717, 1.165) is 0 Å². The Kier molecular flexibility index (Phi) is 3.27. The second-order valence-corrected chi connectivity index (χ2v) is 4.12. The number of aliphatic carboxylic acids is 1. The maximum Gasteiger partial charge on any atom is 0.310 e. The van der Waals surface area contributed by atoms with Crippen molar-refractivity contribution < 1.29 is 14.7 Å². The maximum absolute atomic E-state index is 11.8. The first kappa shape index (κ1) is 12.1. The van der Waals surface area contributed by atoms with E-state index in [9.17, 15) is 9.59 Å². The first-order chi connectivity index (χ1) is 8.56. The molecule has 0 bridgehead atoms. The topological polar surface area (TPSA) is 105 Å². The highest BCUT2D eigenvalue weighted by atomic mass is 16.4. The summed E-state index contributed by atoms with van der Waals surface area (Å²) in [7, 11) is 0. The van der Waals surface area contributed by atoms with Gasteiger partial charge in [-0.05, 0) is 18.6 Å². The molecule has 0 spiro atoms. The average Bonchev–Trinajstić information content (AvgIpc) is 2.78. The summed E-state index contributed by atoms with van der Waals surface area (Å²) in [4.78, 5) is 26.4. The summed E-state index contributed by atoms with van der Waals surface area (Å²) in [5.41, 5.74) is 6.22. The normalized spacial score (nSPS) is 21.8. The summed E-state index contributed by atoms with van der Waals surface area (Å²) in [5, 5.41) is 11.5. The molecule has 6 nitrogen and oxygen atoms in total. The molecule has 0 radical (unpaired) electrons. The van der Waals surface area contributed by atoms with E-state index in [1.165, 1.54) is 12.3 Å². The number of carbonyl (C=O) groups excluding carboxylic acids is 1. The molecule has 0 fully saturated rings. The van der Waals surface area contributed by atoms with Crippen LogP contribution in [0.25, 0.3) is 0 Å². The molecule has 2 atom stereocenters. The van der Waals surface area contributed by atoms with Gasteiger partial charge in [0.25, 0.3) is 5.91 Å². The monoisotopic (exact) mass is 247 g/mol. The van der Waals surface area contributed by atoms with Crippen LogP contribution < -0.4 is 11.1 Å². The Hall–Kier alpha value is -2.37. The van der Waals surface area contributed by atoms with E-state index < -0.39 is 11.9 Å². The van der Waals surface area contributed by atoms with Crippen molar-refractivity contribution in [3.05, 3.63) is 36.2 Å². The van der Waals surface area contributed by atoms with Crippen LogP contribution in [-0.4, -0.2) is 28.0 Å². The Bertz CT molecular complexity index is 496. The van der Waals surface area contributed by atoms with Gasteiger partial charge in [-0.15, -0.1) is 0 Å². The lowest BCUT2D eigenvalue weighted by Crippen LogP contribution is -2.33. The van der Waals surface area contributed by atoms with Gasteiger partial charge >= 0.3 is 5.97 Å². The van der Waals surface area contributed by atoms with Crippen molar-refractivity contribution in [3.63, 3.8) is 0 Å². The molecule has 1 heterocycles. The number of aromatic nitrogens is 1. The molecule has 2 rings (SSSR count). The van der Waals surface area contributed by atoms with E-state index in [4.69, 9.17) is 10.8 Å². The van der Waals surface area contributed by atoms with Crippen LogP contribution in [0, 0.1) is 5.92 Å². The third kappa shape index (κ3) is 2.65. The fourth-order valence-corrected chi connectivity index (χ4v) is 1.77. The van der Waals surface area contributed by atoms with Gasteiger partial charge in [-0.25, -0.2) is 4.98 Å². The van der Waals surface area contributed by atoms with Crippen molar-refractivity contribution in [1.82, 2.24) is 10.3 Å². The molecule has 1 aromatic heterocycles. The molecule has 1 aliphatic carbocycles. The lowest BCUT2D eigenvalue weighted by atomic mass is 10.1. The van der Waals surface area contributed by atoms with E-state index in [-0.39, 0.29) is 17.6 Å². The van der Waals surface area contributed by atoms with Crippen LogP contribution in [0.5, 0.6) is 0 Å². The predicted molar refractivity (Wildman–Crippen MR) is 64.8 cm³/mol. The Balaban J connectivity index is 1.95. The SMILES string of the molecule is Nc1ccc(C(=O)NC2C=CC(C(=O)O)C2)nc1. The van der Waals surface area contributed by atoms with Crippen molar-refractivity contribution in [3.8, 4) is 0 Å². The van der Waals surface area contributed by atoms with Gasteiger partial charge < -0.3 is 16.2 Å². The van der Waals surface area contributed by atoms with E-state index in [2.05, 4.69) is 10.3 Å². The summed E-state index contributed by atoms with van der Waals surface area (Å²) >= 11 is 0. The minimum Gasteiger partial charge on any atom is -0.481 e. The molecule has 6 heteroatoms. The van der Waals surface area contributed by atoms with Crippen LogP contribution >= 0.6 is 0 Å². The lowest BCUT2D eigenvalue weighted by molar-refractivity contribution is -0.140. The van der Waals surface area contributed by atoms with Crippen molar-refractivity contribution in [1.29, 1.82) is 0 Å². The Morgan fingerprint density at radius 3 is 2.72 bits per heavy atom. The molecule has 0 aromatic carbocycles. The number of carboxylic acids is 1. The smallest absolute Gasteiger partial charge is 0.310 e. The van der Waals surface area contributed by atoms with E-state index in [1.807, 2.05) is 0 Å². The van der Waals surface area contributed by atoms with Crippen LogP contribution in [0.15, 0.2) is 30.5 Å². The molecule has 94 valence electrons. The molecule has 18 heavy (non-hydrogen) atoms. The van der Waals surface area contributed by atoms with E-state index in [0.29, 0.717) is 12.1 Å². The first-order valence-electron chi connectivity index (χ1n) is 5.50. The predicted octanol–water partition coefficient (Wildman–Crippen LogP) is 0.423. The van der Waals surface area contributed by atoms with Gasteiger partial charge in [-0.1, -0.05) is 12.2 Å². The summed E-state index contributed by atoms with van der Waals surface area (Å²) < 4.78 is 0. The minimum absolute atomic E-state index is 0.261. The number of nitrogens with two attached hydrogens (primary N) is 1. The summed E-state index contributed by atoms with van der Waals surface area (Å²) in [5.74, 6) is -1.75. The van der Waals surface area contributed by atoms with Crippen LogP contribution in [0.3, 0.4) is 0 Å². The largest absolute Gasteiger partial charge is 0.481 e. The van der Waals surface area contributed by atoms with Gasteiger partial charge in [0.05, 0.1) is 17.8 Å². The van der Waals surface area contributed by atoms with Gasteiger partial charge in [-0.2, -0.15) is 0 Å². The van der Waals surface area contributed by atoms with Crippen molar-refractivity contribution in [2.75, 3.05) is 5.73 Å². The van der Waals surface area contributed by atoms with Crippen molar-refractivity contribution >= 4 is 17.6 Å². The second-order valence-electron chi connectivity index (χ2n) is 4.12. The number of carboxylic acid groups (broad SMARTS) is 1.